The van der Waals surface area contributed by atoms with E-state index in [2.05, 4.69) is 19.2 Å². The number of hydrogen-bond donors (Lipinski definition) is 2. The van der Waals surface area contributed by atoms with Gasteiger partial charge in [-0.15, -0.1) is 0 Å². The van der Waals surface area contributed by atoms with Crippen molar-refractivity contribution < 1.29 is 9.47 Å². The molecule has 4 heteroatoms. The monoisotopic (exact) mass is 238 g/mol. The largest absolute Gasteiger partial charge is 0.497 e. The van der Waals surface area contributed by atoms with Crippen LogP contribution in [0.2, 0.25) is 0 Å². The number of benzene rings is 1. The van der Waals surface area contributed by atoms with Crippen molar-refractivity contribution in [3.05, 3.63) is 23.8 Å². The Morgan fingerprint density at radius 3 is 2.35 bits per heavy atom. The molecule has 0 saturated heterocycles. The summed E-state index contributed by atoms with van der Waals surface area (Å²) < 4.78 is 10.5. The van der Waals surface area contributed by atoms with Crippen LogP contribution in [0, 0.1) is 0 Å². The maximum atomic E-state index is 6.27. The maximum absolute atomic E-state index is 6.27. The Labute approximate surface area is 103 Å². The van der Waals surface area contributed by atoms with E-state index < -0.39 is 0 Å². The van der Waals surface area contributed by atoms with Crippen molar-refractivity contribution in [3.8, 4) is 11.5 Å². The van der Waals surface area contributed by atoms with E-state index in [0.29, 0.717) is 0 Å². The molecule has 0 spiro atoms. The quantitative estimate of drug-likeness (QED) is 0.820. The maximum Gasteiger partial charge on any atom is 0.127 e. The fourth-order valence-corrected chi connectivity index (χ4v) is 1.62. The summed E-state index contributed by atoms with van der Waals surface area (Å²) in [6.45, 7) is 4.11. The average molecular weight is 238 g/mol. The van der Waals surface area contributed by atoms with Crippen LogP contribution in [0.4, 0.5) is 0 Å². The van der Waals surface area contributed by atoms with Crippen LogP contribution in [0.3, 0.4) is 0 Å². The molecule has 1 rings (SSSR count). The molecule has 96 valence electrons. The molecule has 0 saturated carbocycles. The predicted octanol–water partition coefficient (Wildman–Crippen LogP) is 1.70. The Bertz CT molecular complexity index is 378. The summed E-state index contributed by atoms with van der Waals surface area (Å²) in [7, 11) is 5.17. The first-order chi connectivity index (χ1) is 7.96. The summed E-state index contributed by atoms with van der Waals surface area (Å²) >= 11 is 0. The Balaban J connectivity index is 3.13. The van der Waals surface area contributed by atoms with Gasteiger partial charge in [0.2, 0.25) is 0 Å². The molecule has 0 aromatic heterocycles. The zero-order valence-electron chi connectivity index (χ0n) is 11.2. The molecule has 0 aliphatic carbocycles. The van der Waals surface area contributed by atoms with Crippen molar-refractivity contribution in [2.24, 2.45) is 5.73 Å². The Morgan fingerprint density at radius 1 is 1.24 bits per heavy atom. The Kier molecular flexibility index (Phi) is 4.37. The van der Waals surface area contributed by atoms with Gasteiger partial charge in [0.15, 0.2) is 0 Å². The van der Waals surface area contributed by atoms with Crippen LogP contribution in [0.25, 0.3) is 0 Å². The lowest BCUT2D eigenvalue weighted by Gasteiger charge is -2.32. The highest BCUT2D eigenvalue weighted by Gasteiger charge is 2.28. The Hall–Kier alpha value is -1.26. The number of methoxy groups -OCH3 is 2. The first kappa shape index (κ1) is 13.8. The predicted molar refractivity (Wildman–Crippen MR) is 69.6 cm³/mol. The molecular formula is C13H22N2O2. The third-order valence-corrected chi connectivity index (χ3v) is 3.20. The van der Waals surface area contributed by atoms with Gasteiger partial charge < -0.3 is 20.5 Å². The van der Waals surface area contributed by atoms with Crippen molar-refractivity contribution in [2.75, 3.05) is 21.3 Å². The minimum Gasteiger partial charge on any atom is -0.497 e. The van der Waals surface area contributed by atoms with E-state index in [0.717, 1.165) is 17.1 Å². The third-order valence-electron chi connectivity index (χ3n) is 3.20. The van der Waals surface area contributed by atoms with E-state index >= 15 is 0 Å². The lowest BCUT2D eigenvalue weighted by atomic mass is 9.89. The van der Waals surface area contributed by atoms with Crippen molar-refractivity contribution in [2.45, 2.75) is 25.4 Å². The lowest BCUT2D eigenvalue weighted by molar-refractivity contribution is 0.332. The molecule has 0 fully saturated rings. The topological polar surface area (TPSA) is 56.5 Å². The first-order valence-electron chi connectivity index (χ1n) is 5.62. The fourth-order valence-electron chi connectivity index (χ4n) is 1.62. The fraction of sp³-hybridized carbons (Fsp3) is 0.538. The molecule has 1 aromatic carbocycles. The van der Waals surface area contributed by atoms with Gasteiger partial charge in [0.05, 0.1) is 20.3 Å². The van der Waals surface area contributed by atoms with Crippen molar-refractivity contribution in [1.82, 2.24) is 5.32 Å². The number of likely N-dealkylation sites (N-methyl/N-ethyl adjacent to an activating group) is 1. The van der Waals surface area contributed by atoms with Crippen molar-refractivity contribution in [1.29, 1.82) is 0 Å². The molecule has 1 unspecified atom stereocenters. The molecule has 0 amide bonds. The molecule has 3 N–H and O–H groups in total. The Morgan fingerprint density at radius 2 is 1.88 bits per heavy atom. The van der Waals surface area contributed by atoms with Crippen molar-refractivity contribution >= 4 is 0 Å². The number of rotatable bonds is 5. The van der Waals surface area contributed by atoms with Gasteiger partial charge >= 0.3 is 0 Å². The summed E-state index contributed by atoms with van der Waals surface area (Å²) in [5, 5.41) is 3.21. The minimum atomic E-state index is -0.206. The smallest absolute Gasteiger partial charge is 0.127 e. The lowest BCUT2D eigenvalue weighted by Crippen LogP contribution is -2.46. The second kappa shape index (κ2) is 5.38. The van der Waals surface area contributed by atoms with Gasteiger partial charge in [-0.25, -0.2) is 0 Å². The zero-order chi connectivity index (χ0) is 13.1. The second-order valence-corrected chi connectivity index (χ2v) is 4.56. The molecule has 1 atom stereocenters. The summed E-state index contributed by atoms with van der Waals surface area (Å²) in [6, 6.07) is 5.53. The molecule has 0 aliphatic heterocycles. The van der Waals surface area contributed by atoms with E-state index in [9.17, 15) is 0 Å². The molecule has 17 heavy (non-hydrogen) atoms. The van der Waals surface area contributed by atoms with E-state index in [1.54, 1.807) is 14.2 Å². The highest BCUT2D eigenvalue weighted by molar-refractivity contribution is 5.43. The van der Waals surface area contributed by atoms with Gasteiger partial charge in [-0.2, -0.15) is 0 Å². The molecule has 0 aliphatic rings. The minimum absolute atomic E-state index is 0.159. The summed E-state index contributed by atoms with van der Waals surface area (Å²) in [5.41, 5.74) is 7.03. The first-order valence-corrected chi connectivity index (χ1v) is 5.62. The zero-order valence-corrected chi connectivity index (χ0v) is 11.2. The number of hydrogen-bond acceptors (Lipinski definition) is 4. The second-order valence-electron chi connectivity index (χ2n) is 4.56. The molecular weight excluding hydrogens is 216 g/mol. The number of ether oxygens (including phenoxy) is 2. The SMILES string of the molecule is CNC(C)(C)C(N)c1ccc(OC)cc1OC. The molecule has 0 radical (unpaired) electrons. The van der Waals surface area contributed by atoms with Gasteiger partial charge in [0.1, 0.15) is 11.5 Å². The normalized spacial score (nSPS) is 13.3. The highest BCUT2D eigenvalue weighted by atomic mass is 16.5. The van der Waals surface area contributed by atoms with Gasteiger partial charge in [0, 0.05) is 17.2 Å². The highest BCUT2D eigenvalue weighted by Crippen LogP contribution is 2.33. The van der Waals surface area contributed by atoms with Gasteiger partial charge in [-0.05, 0) is 27.0 Å². The molecule has 0 heterocycles. The number of nitrogens with two attached hydrogens (primary N) is 1. The summed E-state index contributed by atoms with van der Waals surface area (Å²) in [5.74, 6) is 1.51. The van der Waals surface area contributed by atoms with Crippen LogP contribution >= 0.6 is 0 Å². The van der Waals surface area contributed by atoms with Crippen LogP contribution in [0.5, 0.6) is 11.5 Å². The van der Waals surface area contributed by atoms with E-state index in [-0.39, 0.29) is 11.6 Å². The standard InChI is InChI=1S/C13H22N2O2/c1-13(2,15-3)12(14)10-7-6-9(16-4)8-11(10)17-5/h6-8,12,15H,14H2,1-5H3. The number of nitrogens with one attached hydrogen (secondary N) is 1. The van der Waals surface area contributed by atoms with Crippen molar-refractivity contribution in [3.63, 3.8) is 0 Å². The molecule has 0 bridgehead atoms. The average Bonchev–Trinajstić information content (AvgIpc) is 2.36. The van der Waals surface area contributed by atoms with Gasteiger partial charge in [-0.1, -0.05) is 6.07 Å². The summed E-state index contributed by atoms with van der Waals surface area (Å²) in [4.78, 5) is 0. The van der Waals surface area contributed by atoms with E-state index in [4.69, 9.17) is 15.2 Å². The van der Waals surface area contributed by atoms with Crippen LogP contribution in [-0.4, -0.2) is 26.8 Å². The van der Waals surface area contributed by atoms with Crippen LogP contribution in [0.15, 0.2) is 18.2 Å². The third kappa shape index (κ3) is 2.90. The van der Waals surface area contributed by atoms with Crippen LogP contribution in [-0.2, 0) is 0 Å². The molecule has 4 nitrogen and oxygen atoms in total. The van der Waals surface area contributed by atoms with Crippen LogP contribution < -0.4 is 20.5 Å². The van der Waals surface area contributed by atoms with E-state index in [1.165, 1.54) is 0 Å². The summed E-state index contributed by atoms with van der Waals surface area (Å²) in [6.07, 6.45) is 0. The van der Waals surface area contributed by atoms with E-state index in [1.807, 2.05) is 25.2 Å². The van der Waals surface area contributed by atoms with Gasteiger partial charge in [0.25, 0.3) is 0 Å². The molecule has 1 aromatic rings. The van der Waals surface area contributed by atoms with Gasteiger partial charge in [-0.3, -0.25) is 0 Å². The van der Waals surface area contributed by atoms with Crippen LogP contribution in [0.1, 0.15) is 25.5 Å².